The Hall–Kier alpha value is -1.46. The van der Waals surface area contributed by atoms with Crippen LogP contribution >= 0.6 is 34.8 Å². The van der Waals surface area contributed by atoms with Crippen molar-refractivity contribution in [2.45, 2.75) is 6.61 Å². The summed E-state index contributed by atoms with van der Waals surface area (Å²) < 4.78 is 5.59. The van der Waals surface area contributed by atoms with Gasteiger partial charge in [0, 0.05) is 11.6 Å². The molecule has 0 aliphatic carbocycles. The minimum absolute atomic E-state index is 0.226. The Balaban J connectivity index is 2.13. The molecule has 3 N–H and O–H groups in total. The van der Waals surface area contributed by atoms with Crippen molar-refractivity contribution in [3.8, 4) is 5.75 Å². The van der Waals surface area contributed by atoms with Crippen molar-refractivity contribution in [3.05, 3.63) is 62.6 Å². The Morgan fingerprint density at radius 1 is 1.10 bits per heavy atom. The van der Waals surface area contributed by atoms with Crippen LogP contribution in [0.2, 0.25) is 15.1 Å². The monoisotopic (exact) mass is 344 g/mol. The predicted octanol–water partition coefficient (Wildman–Crippen LogP) is 3.83. The third kappa shape index (κ3) is 4.02. The molecule has 0 fully saturated rings. The van der Waals surface area contributed by atoms with Gasteiger partial charge >= 0.3 is 0 Å². The lowest BCUT2D eigenvalue weighted by Crippen LogP contribution is -2.30. The van der Waals surface area contributed by atoms with E-state index in [9.17, 15) is 4.79 Å². The number of benzene rings is 2. The van der Waals surface area contributed by atoms with Crippen molar-refractivity contribution in [1.82, 2.24) is 5.43 Å². The van der Waals surface area contributed by atoms with E-state index < -0.39 is 0 Å². The number of carbonyl (C=O) groups is 1. The van der Waals surface area contributed by atoms with Crippen molar-refractivity contribution in [1.29, 1.82) is 0 Å². The molecule has 4 nitrogen and oxygen atoms in total. The first kappa shape index (κ1) is 15.9. The van der Waals surface area contributed by atoms with Crippen LogP contribution in [-0.4, -0.2) is 5.91 Å². The highest BCUT2D eigenvalue weighted by Gasteiger charge is 2.08. The molecule has 0 saturated carbocycles. The maximum absolute atomic E-state index is 11.4. The Morgan fingerprint density at radius 2 is 1.81 bits per heavy atom. The molecule has 0 unspecified atom stereocenters. The van der Waals surface area contributed by atoms with Crippen LogP contribution in [0.3, 0.4) is 0 Å². The number of nitrogens with two attached hydrogens (primary N) is 1. The van der Waals surface area contributed by atoms with Gasteiger partial charge < -0.3 is 4.74 Å². The number of hydrogen-bond acceptors (Lipinski definition) is 3. The molecule has 21 heavy (non-hydrogen) atoms. The fourth-order valence-electron chi connectivity index (χ4n) is 1.66. The standard InChI is InChI=1S/C14H11Cl3N2O2/c15-10-5-12(17)13(6-11(10)16)21-7-8-2-1-3-9(4-8)14(20)19-18/h1-6H,7,18H2,(H,19,20). The van der Waals surface area contributed by atoms with Crippen molar-refractivity contribution < 1.29 is 9.53 Å². The zero-order chi connectivity index (χ0) is 15.4. The smallest absolute Gasteiger partial charge is 0.265 e. The maximum Gasteiger partial charge on any atom is 0.265 e. The van der Waals surface area contributed by atoms with E-state index in [0.717, 1.165) is 5.56 Å². The average molecular weight is 346 g/mol. The third-order valence-corrected chi connectivity index (χ3v) is 3.71. The number of nitrogen functional groups attached to an aromatic ring is 1. The van der Waals surface area contributed by atoms with Crippen LogP contribution in [0.5, 0.6) is 5.75 Å². The minimum atomic E-state index is -0.371. The Morgan fingerprint density at radius 3 is 2.52 bits per heavy atom. The van der Waals surface area contributed by atoms with E-state index in [1.54, 1.807) is 24.3 Å². The van der Waals surface area contributed by atoms with Crippen LogP contribution < -0.4 is 16.0 Å². The number of halogens is 3. The molecular weight excluding hydrogens is 335 g/mol. The first-order valence-electron chi connectivity index (χ1n) is 5.88. The molecule has 0 atom stereocenters. The molecule has 2 aromatic rings. The highest BCUT2D eigenvalue weighted by molar-refractivity contribution is 6.43. The fourth-order valence-corrected chi connectivity index (χ4v) is 2.25. The van der Waals surface area contributed by atoms with Gasteiger partial charge in [-0.25, -0.2) is 5.84 Å². The molecule has 0 aliphatic heterocycles. The number of amides is 1. The van der Waals surface area contributed by atoms with Gasteiger partial charge in [-0.3, -0.25) is 10.2 Å². The minimum Gasteiger partial charge on any atom is -0.487 e. The summed E-state index contributed by atoms with van der Waals surface area (Å²) in [5.74, 6) is 5.14. The summed E-state index contributed by atoms with van der Waals surface area (Å²) in [6.45, 7) is 0.226. The lowest BCUT2D eigenvalue weighted by Gasteiger charge is -2.10. The molecule has 0 saturated heterocycles. The van der Waals surface area contributed by atoms with Gasteiger partial charge in [-0.1, -0.05) is 46.9 Å². The molecule has 0 radical (unpaired) electrons. The first-order chi connectivity index (χ1) is 10.0. The van der Waals surface area contributed by atoms with Crippen molar-refractivity contribution in [3.63, 3.8) is 0 Å². The van der Waals surface area contributed by atoms with Gasteiger partial charge in [0.05, 0.1) is 15.1 Å². The number of nitrogens with one attached hydrogen (secondary N) is 1. The van der Waals surface area contributed by atoms with Crippen LogP contribution in [0, 0.1) is 0 Å². The van der Waals surface area contributed by atoms with Crippen molar-refractivity contribution in [2.75, 3.05) is 0 Å². The van der Waals surface area contributed by atoms with E-state index in [1.165, 1.54) is 6.07 Å². The van der Waals surface area contributed by atoms with E-state index in [4.69, 9.17) is 45.4 Å². The van der Waals surface area contributed by atoms with Gasteiger partial charge in [-0.05, 0) is 23.8 Å². The molecule has 2 aromatic carbocycles. The molecule has 0 bridgehead atoms. The second-order valence-electron chi connectivity index (χ2n) is 4.16. The molecule has 0 aliphatic rings. The van der Waals surface area contributed by atoms with Crippen LogP contribution in [0.25, 0.3) is 0 Å². The summed E-state index contributed by atoms with van der Waals surface area (Å²) in [6, 6.07) is 9.94. The lowest BCUT2D eigenvalue weighted by molar-refractivity contribution is 0.0953. The van der Waals surface area contributed by atoms with Gasteiger partial charge in [0.1, 0.15) is 12.4 Å². The van der Waals surface area contributed by atoms with Crippen LogP contribution in [0.4, 0.5) is 0 Å². The molecule has 1 amide bonds. The number of ether oxygens (including phenoxy) is 1. The van der Waals surface area contributed by atoms with Gasteiger partial charge in [-0.15, -0.1) is 0 Å². The summed E-state index contributed by atoms with van der Waals surface area (Å²) in [5, 5.41) is 1.07. The Bertz CT molecular complexity index is 677. The van der Waals surface area contributed by atoms with Crippen LogP contribution in [-0.2, 0) is 6.61 Å². The van der Waals surface area contributed by atoms with Crippen LogP contribution in [0.15, 0.2) is 36.4 Å². The second kappa shape index (κ2) is 7.00. The summed E-state index contributed by atoms with van der Waals surface area (Å²) >= 11 is 17.8. The van der Waals surface area contributed by atoms with Crippen molar-refractivity contribution in [2.24, 2.45) is 5.84 Å². The number of hydrazine groups is 1. The highest BCUT2D eigenvalue weighted by atomic mass is 35.5. The van der Waals surface area contributed by atoms with E-state index in [0.29, 0.717) is 26.4 Å². The Labute approximate surface area is 136 Å². The van der Waals surface area contributed by atoms with Gasteiger partial charge in [-0.2, -0.15) is 0 Å². The van der Waals surface area contributed by atoms with Gasteiger partial charge in [0.2, 0.25) is 0 Å². The summed E-state index contributed by atoms with van der Waals surface area (Å²) in [6.07, 6.45) is 0. The summed E-state index contributed by atoms with van der Waals surface area (Å²) in [7, 11) is 0. The van der Waals surface area contributed by atoms with Gasteiger partial charge in [0.15, 0.2) is 0 Å². The van der Waals surface area contributed by atoms with Crippen molar-refractivity contribution >= 4 is 40.7 Å². The molecule has 0 heterocycles. The van der Waals surface area contributed by atoms with E-state index >= 15 is 0 Å². The fraction of sp³-hybridized carbons (Fsp3) is 0.0714. The second-order valence-corrected chi connectivity index (χ2v) is 5.38. The lowest BCUT2D eigenvalue weighted by atomic mass is 10.1. The molecule has 2 rings (SSSR count). The topological polar surface area (TPSA) is 64.3 Å². The number of carbonyl (C=O) groups excluding carboxylic acids is 1. The van der Waals surface area contributed by atoms with E-state index in [2.05, 4.69) is 5.43 Å². The molecule has 110 valence electrons. The zero-order valence-corrected chi connectivity index (χ0v) is 13.0. The SMILES string of the molecule is NNC(=O)c1cccc(COc2cc(Cl)c(Cl)cc2Cl)c1. The largest absolute Gasteiger partial charge is 0.487 e. The molecule has 0 aromatic heterocycles. The predicted molar refractivity (Wildman–Crippen MR) is 83.9 cm³/mol. The average Bonchev–Trinajstić information content (AvgIpc) is 2.49. The first-order valence-corrected chi connectivity index (χ1v) is 7.02. The van der Waals surface area contributed by atoms with E-state index in [1.807, 2.05) is 6.07 Å². The number of hydrogen-bond donors (Lipinski definition) is 2. The Kier molecular flexibility index (Phi) is 5.31. The van der Waals surface area contributed by atoms with Crippen LogP contribution in [0.1, 0.15) is 15.9 Å². The maximum atomic E-state index is 11.4. The summed E-state index contributed by atoms with van der Waals surface area (Å²) in [4.78, 5) is 11.4. The third-order valence-electron chi connectivity index (χ3n) is 2.69. The number of rotatable bonds is 4. The summed E-state index contributed by atoms with van der Waals surface area (Å²) in [5.41, 5.74) is 3.31. The van der Waals surface area contributed by atoms with Gasteiger partial charge in [0.25, 0.3) is 5.91 Å². The molecule has 7 heteroatoms. The highest BCUT2D eigenvalue weighted by Crippen LogP contribution is 2.34. The molecule has 0 spiro atoms. The molecular formula is C14H11Cl3N2O2. The quantitative estimate of drug-likeness (QED) is 0.383. The zero-order valence-electron chi connectivity index (χ0n) is 10.7. The van der Waals surface area contributed by atoms with E-state index in [-0.39, 0.29) is 12.5 Å². The normalized spacial score (nSPS) is 10.3.